The molecule has 188 valence electrons. The second-order valence-corrected chi connectivity index (χ2v) is 10.1. The molecule has 0 radical (unpaired) electrons. The largest absolute Gasteiger partial charge is 0.477 e. The van der Waals surface area contributed by atoms with E-state index in [1.807, 2.05) is 36.5 Å². The molecule has 0 amide bonds. The molecule has 0 saturated heterocycles. The Morgan fingerprint density at radius 3 is 2.50 bits per heavy atom. The average Bonchev–Trinajstić information content (AvgIpc) is 3.38. The minimum absolute atomic E-state index is 0.368. The van der Waals surface area contributed by atoms with Gasteiger partial charge in [0.2, 0.25) is 5.88 Å². The third-order valence-electron chi connectivity index (χ3n) is 7.18. The summed E-state index contributed by atoms with van der Waals surface area (Å²) in [6.45, 7) is 2.51. The first-order valence-electron chi connectivity index (χ1n) is 13.9. The highest BCUT2D eigenvalue weighted by atomic mass is 19.1. The van der Waals surface area contributed by atoms with Crippen LogP contribution in [0.2, 0.25) is 0 Å². The van der Waals surface area contributed by atoms with E-state index in [1.54, 1.807) is 0 Å². The van der Waals surface area contributed by atoms with Crippen molar-refractivity contribution < 1.29 is 9.13 Å². The smallest absolute Gasteiger partial charge is 0.220 e. The van der Waals surface area contributed by atoms with Crippen molar-refractivity contribution in [1.29, 1.82) is 0 Å². The first-order chi connectivity index (χ1) is 16.8. The minimum Gasteiger partial charge on any atom is -0.477 e. The van der Waals surface area contributed by atoms with Gasteiger partial charge in [0.25, 0.3) is 0 Å². The number of hydrogen-bond acceptors (Lipinski definition) is 3. The number of benzene rings is 1. The number of aryl methyl sites for hydroxylation is 1. The predicted octanol–water partition coefficient (Wildman–Crippen LogP) is 8.90. The zero-order valence-electron chi connectivity index (χ0n) is 21.3. The number of aromatic nitrogens is 2. The highest BCUT2D eigenvalue weighted by Crippen LogP contribution is 2.29. The third-order valence-corrected chi connectivity index (χ3v) is 7.18. The van der Waals surface area contributed by atoms with Gasteiger partial charge >= 0.3 is 0 Å². The van der Waals surface area contributed by atoms with Crippen LogP contribution in [0.25, 0.3) is 11.4 Å². The van der Waals surface area contributed by atoms with Crippen LogP contribution in [0.3, 0.4) is 0 Å². The maximum atomic E-state index is 14.2. The van der Waals surface area contributed by atoms with Gasteiger partial charge in [-0.2, -0.15) is 4.98 Å². The quantitative estimate of drug-likeness (QED) is 0.217. The van der Waals surface area contributed by atoms with Crippen LogP contribution in [0.4, 0.5) is 4.39 Å². The Morgan fingerprint density at radius 1 is 0.941 bits per heavy atom. The first-order valence-corrected chi connectivity index (χ1v) is 13.9. The Morgan fingerprint density at radius 2 is 1.71 bits per heavy atom. The van der Waals surface area contributed by atoms with Crippen molar-refractivity contribution in [1.82, 2.24) is 9.97 Å². The van der Waals surface area contributed by atoms with Gasteiger partial charge in [-0.25, -0.2) is 9.37 Å². The molecule has 1 saturated carbocycles. The predicted molar refractivity (Wildman–Crippen MR) is 140 cm³/mol. The normalized spacial score (nSPS) is 15.0. The van der Waals surface area contributed by atoms with E-state index in [-0.39, 0.29) is 0 Å². The Hall–Kier alpha value is -1.97. The van der Waals surface area contributed by atoms with Gasteiger partial charge < -0.3 is 4.74 Å². The molecule has 2 aromatic rings. The van der Waals surface area contributed by atoms with Crippen molar-refractivity contribution in [3.63, 3.8) is 0 Å². The second-order valence-electron chi connectivity index (χ2n) is 10.1. The molecule has 1 aliphatic rings. The lowest BCUT2D eigenvalue weighted by molar-refractivity contribution is 0.217. The minimum atomic E-state index is -0.797. The summed E-state index contributed by atoms with van der Waals surface area (Å²) in [5, 5.41) is 0. The van der Waals surface area contributed by atoms with Gasteiger partial charge in [-0.1, -0.05) is 114 Å². The van der Waals surface area contributed by atoms with Crippen molar-refractivity contribution in [2.24, 2.45) is 5.92 Å². The third kappa shape index (κ3) is 9.72. The van der Waals surface area contributed by atoms with Gasteiger partial charge in [-0.05, 0) is 25.2 Å². The lowest BCUT2D eigenvalue weighted by Gasteiger charge is -2.13. The van der Waals surface area contributed by atoms with Crippen LogP contribution >= 0.6 is 0 Å². The van der Waals surface area contributed by atoms with Crippen LogP contribution in [0.1, 0.15) is 109 Å². The summed E-state index contributed by atoms with van der Waals surface area (Å²) in [5.74, 6) is 2.32. The topological polar surface area (TPSA) is 35.0 Å². The van der Waals surface area contributed by atoms with Crippen molar-refractivity contribution in [3.05, 3.63) is 42.1 Å². The summed E-state index contributed by atoms with van der Waals surface area (Å²) >= 11 is 0. The van der Waals surface area contributed by atoms with Crippen LogP contribution < -0.4 is 4.74 Å². The number of hydrogen-bond donors (Lipinski definition) is 0. The van der Waals surface area contributed by atoms with E-state index in [0.29, 0.717) is 31.2 Å². The molecule has 3 nitrogen and oxygen atoms in total. The van der Waals surface area contributed by atoms with Crippen LogP contribution in [0.15, 0.2) is 36.5 Å². The summed E-state index contributed by atoms with van der Waals surface area (Å²) in [7, 11) is 0. The fourth-order valence-electron chi connectivity index (χ4n) is 5.04. The number of halogens is 1. The molecule has 1 heterocycles. The van der Waals surface area contributed by atoms with Crippen molar-refractivity contribution in [3.8, 4) is 17.3 Å². The van der Waals surface area contributed by atoms with Crippen molar-refractivity contribution >= 4 is 0 Å². The molecular weight excluding hydrogens is 423 g/mol. The lowest BCUT2D eigenvalue weighted by atomic mass is 9.99. The molecule has 1 aromatic heterocycles. The van der Waals surface area contributed by atoms with Crippen molar-refractivity contribution in [2.75, 3.05) is 6.61 Å². The van der Waals surface area contributed by atoms with E-state index in [0.717, 1.165) is 49.1 Å². The Labute approximate surface area is 206 Å². The van der Waals surface area contributed by atoms with Crippen LogP contribution in [-0.2, 0) is 6.42 Å². The molecule has 3 rings (SSSR count). The molecule has 0 spiro atoms. The zero-order chi connectivity index (χ0) is 23.8. The van der Waals surface area contributed by atoms with E-state index in [2.05, 4.69) is 11.9 Å². The SMILES string of the molecule is CCCCCC(F)CCOc1nc(-c2ccccc2)ncc1CCCCCCCC1CCCC1. The number of unbranched alkanes of at least 4 members (excludes halogenated alkanes) is 6. The van der Waals surface area contributed by atoms with Crippen LogP contribution in [0.5, 0.6) is 5.88 Å². The molecule has 34 heavy (non-hydrogen) atoms. The zero-order valence-corrected chi connectivity index (χ0v) is 21.3. The second kappa shape index (κ2) is 15.8. The number of ether oxygens (including phenoxy) is 1. The Bertz CT molecular complexity index is 792. The van der Waals surface area contributed by atoms with Gasteiger partial charge in [0.1, 0.15) is 6.17 Å². The summed E-state index contributed by atoms with van der Waals surface area (Å²) in [5.41, 5.74) is 2.02. The van der Waals surface area contributed by atoms with Crippen LogP contribution in [0, 0.1) is 5.92 Å². The van der Waals surface area contributed by atoms with E-state index in [9.17, 15) is 4.39 Å². The van der Waals surface area contributed by atoms with Crippen molar-refractivity contribution in [2.45, 2.75) is 116 Å². The maximum absolute atomic E-state index is 14.2. The Kier molecular flexibility index (Phi) is 12.4. The van der Waals surface area contributed by atoms with Gasteiger partial charge in [-0.3, -0.25) is 0 Å². The van der Waals surface area contributed by atoms with Crippen LogP contribution in [-0.4, -0.2) is 22.7 Å². The van der Waals surface area contributed by atoms with E-state index in [1.165, 1.54) is 57.8 Å². The average molecular weight is 469 g/mol. The fraction of sp³-hybridized carbons (Fsp3) is 0.667. The monoisotopic (exact) mass is 468 g/mol. The number of alkyl halides is 1. The molecule has 0 bridgehead atoms. The summed E-state index contributed by atoms with van der Waals surface area (Å²) in [4.78, 5) is 9.34. The van der Waals surface area contributed by atoms with Gasteiger partial charge in [0, 0.05) is 23.7 Å². The maximum Gasteiger partial charge on any atom is 0.220 e. The molecule has 0 N–H and O–H groups in total. The fourth-order valence-corrected chi connectivity index (χ4v) is 5.04. The highest BCUT2D eigenvalue weighted by Gasteiger charge is 2.14. The molecule has 4 heteroatoms. The summed E-state index contributed by atoms with van der Waals surface area (Å²) in [6, 6.07) is 9.99. The molecule has 0 aliphatic heterocycles. The Balaban J connectivity index is 1.47. The van der Waals surface area contributed by atoms with Gasteiger partial charge in [0.05, 0.1) is 6.61 Å². The summed E-state index contributed by atoms with van der Waals surface area (Å²) in [6.07, 6.45) is 19.9. The molecule has 1 unspecified atom stereocenters. The summed E-state index contributed by atoms with van der Waals surface area (Å²) < 4.78 is 20.2. The molecular formula is C30H45FN2O. The number of nitrogens with zero attached hydrogens (tertiary/aromatic N) is 2. The lowest BCUT2D eigenvalue weighted by Crippen LogP contribution is -2.10. The molecule has 1 atom stereocenters. The first kappa shape index (κ1) is 26.6. The number of rotatable bonds is 17. The van der Waals surface area contributed by atoms with Gasteiger partial charge in [-0.15, -0.1) is 0 Å². The molecule has 1 aromatic carbocycles. The van der Waals surface area contributed by atoms with E-state index in [4.69, 9.17) is 9.72 Å². The standard InChI is InChI=1S/C30H45FN2O/c1-2-3-8-21-28(31)22-23-34-30-27(24-32-29(33-30)26-18-11-7-12-19-26)20-10-6-4-5-9-15-25-16-13-14-17-25/h7,11-12,18-19,24-25,28H,2-6,8-10,13-17,20-23H2,1H3. The van der Waals surface area contributed by atoms with E-state index < -0.39 is 6.17 Å². The molecule has 1 fully saturated rings. The van der Waals surface area contributed by atoms with Gasteiger partial charge in [0.15, 0.2) is 5.82 Å². The van der Waals surface area contributed by atoms with E-state index >= 15 is 0 Å². The molecule has 1 aliphatic carbocycles. The highest BCUT2D eigenvalue weighted by molar-refractivity contribution is 5.55.